The van der Waals surface area contributed by atoms with Crippen LogP contribution in [0.4, 0.5) is 38.0 Å². The van der Waals surface area contributed by atoms with Gasteiger partial charge in [0.25, 0.3) is 10.1 Å². The minimum atomic E-state index is -5.26. The van der Waals surface area contributed by atoms with Crippen LogP contribution in [0.5, 0.6) is 5.88 Å². The number of hydrogen-bond donors (Lipinski definition) is 2. The summed E-state index contributed by atoms with van der Waals surface area (Å²) >= 11 is 0. The van der Waals surface area contributed by atoms with Gasteiger partial charge >= 0.3 is 18.3 Å². The van der Waals surface area contributed by atoms with E-state index in [9.17, 15) is 43.8 Å². The molecule has 1 aliphatic rings. The number of aromatic nitrogens is 2. The van der Waals surface area contributed by atoms with Gasteiger partial charge in [-0.2, -0.15) is 39.7 Å². The molecule has 1 aromatic heterocycles. The van der Waals surface area contributed by atoms with E-state index in [1.54, 1.807) is 25.1 Å². The Morgan fingerprint density at radius 2 is 1.46 bits per heavy atom. The maximum Gasteiger partial charge on any atom is 0.474 e. The molecule has 1 amide bonds. The number of benzene rings is 3. The van der Waals surface area contributed by atoms with Gasteiger partial charge in [0.15, 0.2) is 0 Å². The molecule has 2 N–H and O–H groups in total. The summed E-state index contributed by atoms with van der Waals surface area (Å²) in [6.45, 7) is 3.41. The monoisotopic (exact) mass is 774 g/mol. The SMILES string of the molecule is C[C@@H](OCc1ccccc1)[C@@H](C)Oc1nc(Nc2ccc(S(=O)(=NC(=O)C(F)(F)F)C3CC3)cc2)ncc1C(F)(F)F.O=S(=O)(O)c1ccccc1. The van der Waals surface area contributed by atoms with Crippen LogP contribution in [-0.4, -0.2) is 56.7 Å². The van der Waals surface area contributed by atoms with E-state index in [1.807, 2.05) is 30.3 Å². The molecule has 1 heterocycles. The number of nitrogens with one attached hydrogen (secondary N) is 1. The molecule has 3 atom stereocenters. The predicted molar refractivity (Wildman–Crippen MR) is 177 cm³/mol. The van der Waals surface area contributed by atoms with E-state index in [1.165, 1.54) is 43.3 Å². The third-order valence-electron chi connectivity index (χ3n) is 7.30. The van der Waals surface area contributed by atoms with Crippen LogP contribution in [-0.2, 0) is 42.2 Å². The fourth-order valence-electron chi connectivity index (χ4n) is 4.26. The molecule has 1 unspecified atom stereocenters. The molecular weight excluding hydrogens is 743 g/mol. The van der Waals surface area contributed by atoms with Gasteiger partial charge in [-0.3, -0.25) is 9.35 Å². The van der Waals surface area contributed by atoms with E-state index in [-0.39, 0.29) is 28.0 Å². The minimum Gasteiger partial charge on any atom is -0.471 e. The number of ether oxygens (including phenoxy) is 2. The fourth-order valence-corrected chi connectivity index (χ4v) is 7.05. The third-order valence-corrected chi connectivity index (χ3v) is 10.9. The van der Waals surface area contributed by atoms with Crippen molar-refractivity contribution >= 4 is 37.4 Å². The summed E-state index contributed by atoms with van der Waals surface area (Å²) < 4.78 is 136. The van der Waals surface area contributed by atoms with Crippen molar-refractivity contribution in [2.75, 3.05) is 5.32 Å². The number of halogens is 6. The van der Waals surface area contributed by atoms with Gasteiger partial charge in [0, 0.05) is 22.0 Å². The highest BCUT2D eigenvalue weighted by molar-refractivity contribution is 7.94. The van der Waals surface area contributed by atoms with Crippen LogP contribution in [0.15, 0.2) is 105 Å². The first kappa shape index (κ1) is 40.2. The molecule has 52 heavy (non-hydrogen) atoms. The van der Waals surface area contributed by atoms with Crippen LogP contribution in [0, 0.1) is 0 Å². The lowest BCUT2D eigenvalue weighted by molar-refractivity contribution is -0.169. The second-order valence-electron chi connectivity index (χ2n) is 11.3. The molecule has 19 heteroatoms. The average molecular weight is 775 g/mol. The van der Waals surface area contributed by atoms with Gasteiger partial charge < -0.3 is 14.8 Å². The van der Waals surface area contributed by atoms with Crippen molar-refractivity contribution in [1.29, 1.82) is 0 Å². The Balaban J connectivity index is 0.000000521. The first-order chi connectivity index (χ1) is 24.3. The van der Waals surface area contributed by atoms with Gasteiger partial charge in [-0.05, 0) is 68.7 Å². The summed E-state index contributed by atoms with van der Waals surface area (Å²) in [5.74, 6) is -3.43. The van der Waals surface area contributed by atoms with Gasteiger partial charge in [0.2, 0.25) is 11.8 Å². The van der Waals surface area contributed by atoms with Crippen LogP contribution < -0.4 is 10.1 Å². The highest BCUT2D eigenvalue weighted by Gasteiger charge is 2.43. The quantitative estimate of drug-likeness (QED) is 0.115. The van der Waals surface area contributed by atoms with E-state index >= 15 is 0 Å². The number of rotatable bonds is 11. The molecule has 3 aromatic carbocycles. The van der Waals surface area contributed by atoms with E-state index in [4.69, 9.17) is 14.0 Å². The molecule has 0 spiro atoms. The lowest BCUT2D eigenvalue weighted by Crippen LogP contribution is -2.30. The van der Waals surface area contributed by atoms with Gasteiger partial charge in [-0.15, -0.1) is 4.36 Å². The molecule has 0 aliphatic heterocycles. The number of hydrogen-bond acceptors (Lipinski definition) is 9. The molecule has 0 bridgehead atoms. The smallest absolute Gasteiger partial charge is 0.471 e. The van der Waals surface area contributed by atoms with Crippen LogP contribution in [0.25, 0.3) is 0 Å². The zero-order valence-corrected chi connectivity index (χ0v) is 29.0. The highest BCUT2D eigenvalue weighted by Crippen LogP contribution is 2.38. The molecule has 1 aliphatic carbocycles. The molecule has 280 valence electrons. The normalized spacial score (nSPS) is 15.6. The number of carbonyl (C=O) groups is 1. The maximum absolute atomic E-state index is 13.7. The van der Waals surface area contributed by atoms with Gasteiger partial charge in [0.1, 0.15) is 11.7 Å². The first-order valence-electron chi connectivity index (χ1n) is 15.3. The van der Waals surface area contributed by atoms with Gasteiger partial charge in [-0.25, -0.2) is 9.19 Å². The number of anilines is 2. The number of amides is 1. The average Bonchev–Trinajstić information content (AvgIpc) is 3.94. The van der Waals surface area contributed by atoms with Crippen LogP contribution in [0.3, 0.4) is 0 Å². The van der Waals surface area contributed by atoms with Crippen LogP contribution in [0.2, 0.25) is 0 Å². The van der Waals surface area contributed by atoms with Crippen LogP contribution >= 0.6 is 0 Å². The number of nitrogens with zero attached hydrogens (tertiary/aromatic N) is 3. The van der Waals surface area contributed by atoms with E-state index in [2.05, 4.69) is 19.6 Å². The second kappa shape index (κ2) is 16.4. The summed E-state index contributed by atoms with van der Waals surface area (Å²) in [5.41, 5.74) is -0.108. The topological polar surface area (TPSA) is 157 Å². The molecule has 1 saturated carbocycles. The molecule has 0 saturated heterocycles. The second-order valence-corrected chi connectivity index (χ2v) is 15.2. The zero-order valence-electron chi connectivity index (χ0n) is 27.3. The molecule has 0 radical (unpaired) electrons. The predicted octanol–water partition coefficient (Wildman–Crippen LogP) is 7.62. The number of alkyl halides is 6. The summed E-state index contributed by atoms with van der Waals surface area (Å²) in [6, 6.07) is 21.7. The largest absolute Gasteiger partial charge is 0.474 e. The first-order valence-corrected chi connectivity index (χ1v) is 18.3. The summed E-state index contributed by atoms with van der Waals surface area (Å²) in [7, 11) is -7.68. The lowest BCUT2D eigenvalue weighted by Gasteiger charge is -2.23. The standard InChI is InChI=1S/C27H26F6N4O4S.C6H6O3S/c1-16(40-15-18-6-4-3-5-7-18)17(2)41-23-22(26(28,29)30)14-34-25(36-23)35-19-8-10-20(11-9-19)42(39,21-12-13-21)37-24(38)27(31,32)33;7-10(8,9)6-4-2-1-3-5-6/h3-11,14,16-17,21H,12-13,15H2,1-2H3,(H,34,35,36);1-5H,(H,7,8,9)/t16-,17-,42?;/m1./s1. The third kappa shape index (κ3) is 11.2. The molecule has 11 nitrogen and oxygen atoms in total. The van der Waals surface area contributed by atoms with Crippen molar-refractivity contribution in [3.8, 4) is 5.88 Å². The summed E-state index contributed by atoms with van der Waals surface area (Å²) in [6.07, 6.45) is -10.3. The Bertz CT molecular complexity index is 2060. The molecule has 1 fully saturated rings. The molecule has 4 aromatic rings. The summed E-state index contributed by atoms with van der Waals surface area (Å²) in [4.78, 5) is 18.9. The summed E-state index contributed by atoms with van der Waals surface area (Å²) in [5, 5.41) is 2.00. The Morgan fingerprint density at radius 3 is 1.96 bits per heavy atom. The van der Waals surface area contributed by atoms with Crippen molar-refractivity contribution in [3.63, 3.8) is 0 Å². The van der Waals surface area contributed by atoms with Crippen LogP contribution in [0.1, 0.15) is 37.8 Å². The Morgan fingerprint density at radius 1 is 0.885 bits per heavy atom. The maximum atomic E-state index is 13.7. The van der Waals surface area contributed by atoms with E-state index < -0.39 is 67.0 Å². The van der Waals surface area contributed by atoms with Crippen molar-refractivity contribution in [2.45, 2.75) is 72.9 Å². The number of carbonyl (C=O) groups excluding carboxylic acids is 1. The van der Waals surface area contributed by atoms with Crippen molar-refractivity contribution in [3.05, 3.63) is 102 Å². The highest BCUT2D eigenvalue weighted by atomic mass is 32.2. The Hall–Kier alpha value is -4.59. The molecular formula is C33H32F6N4O7S2. The molecule has 5 rings (SSSR count). The fraction of sp³-hybridized carbons (Fsp3) is 0.303. The van der Waals surface area contributed by atoms with Gasteiger partial charge in [0.05, 0.1) is 27.3 Å². The van der Waals surface area contributed by atoms with Gasteiger partial charge in [-0.1, -0.05) is 48.5 Å². The van der Waals surface area contributed by atoms with E-state index in [0.29, 0.717) is 19.0 Å². The van der Waals surface area contributed by atoms with E-state index in [0.717, 1.165) is 5.56 Å². The van der Waals surface area contributed by atoms with Crippen molar-refractivity contribution in [2.24, 2.45) is 4.36 Å². The van der Waals surface area contributed by atoms with Crippen molar-refractivity contribution in [1.82, 2.24) is 9.97 Å². The van der Waals surface area contributed by atoms with Crippen molar-refractivity contribution < 1.29 is 57.8 Å². The zero-order chi connectivity index (χ0) is 38.3. The lowest BCUT2D eigenvalue weighted by atomic mass is 10.2. The Kier molecular flexibility index (Phi) is 12.7. The Labute approximate surface area is 295 Å². The minimum absolute atomic E-state index is 0.0741.